The lowest BCUT2D eigenvalue weighted by molar-refractivity contribution is 0.914. The molecule has 8 nitrogen and oxygen atoms in total. The molecule has 0 atom stereocenters. The highest BCUT2D eigenvalue weighted by Gasteiger charge is 2.13. The Labute approximate surface area is 223 Å². The fraction of sp³-hybridized carbons (Fsp3) is 0.308. The lowest BCUT2D eigenvalue weighted by atomic mass is 9.88. The number of guanidine groups is 2. The van der Waals surface area contributed by atoms with Crippen molar-refractivity contribution in [1.82, 2.24) is 21.5 Å². The van der Waals surface area contributed by atoms with Gasteiger partial charge in [-0.25, -0.2) is 20.8 Å². The number of nitrogens with one attached hydrogen (secondary N) is 4. The van der Waals surface area contributed by atoms with Crippen LogP contribution in [0.5, 0.6) is 0 Å². The van der Waals surface area contributed by atoms with Gasteiger partial charge < -0.3 is 10.6 Å². The maximum atomic E-state index is 4.33. The van der Waals surface area contributed by atoms with Crippen LogP contribution >= 0.6 is 24.8 Å². The Balaban J connectivity index is 0.00000180. The first-order valence-corrected chi connectivity index (χ1v) is 11.9. The van der Waals surface area contributed by atoms with Crippen LogP contribution in [-0.4, -0.2) is 50.5 Å². The highest BCUT2D eigenvalue weighted by atomic mass is 35.5. The zero-order chi connectivity index (χ0) is 23.0. The summed E-state index contributed by atoms with van der Waals surface area (Å²) in [7, 11) is 0. The van der Waals surface area contributed by atoms with Gasteiger partial charge in [-0.2, -0.15) is 10.2 Å². The molecule has 0 bridgehead atoms. The number of nitrogens with zero attached hydrogens (tertiary/aromatic N) is 4. The molecule has 2 heterocycles. The summed E-state index contributed by atoms with van der Waals surface area (Å²) in [6.07, 6.45) is 7.42. The quantitative estimate of drug-likeness (QED) is 0.204. The first-order valence-electron chi connectivity index (χ1n) is 11.9. The molecule has 0 radical (unpaired) electrons. The molecule has 5 rings (SSSR count). The molecule has 0 amide bonds. The molecule has 3 aromatic carbocycles. The van der Waals surface area contributed by atoms with Crippen molar-refractivity contribution in [1.29, 1.82) is 0 Å². The second kappa shape index (κ2) is 13.7. The molecule has 10 heteroatoms. The molecule has 190 valence electrons. The van der Waals surface area contributed by atoms with E-state index in [1.165, 1.54) is 32.7 Å². The van der Waals surface area contributed by atoms with Crippen molar-refractivity contribution < 1.29 is 0 Å². The Kier molecular flexibility index (Phi) is 10.3. The number of benzene rings is 3. The van der Waals surface area contributed by atoms with E-state index in [9.17, 15) is 0 Å². The number of aryl methyl sites for hydroxylation is 2. The summed E-state index contributed by atoms with van der Waals surface area (Å²) < 4.78 is 0. The van der Waals surface area contributed by atoms with E-state index >= 15 is 0 Å². The summed E-state index contributed by atoms with van der Waals surface area (Å²) in [6, 6.07) is 17.5. The SMILES string of the molecule is C(/CCc1c2ccccc2c(CC/C=N/NC2=NCCN2)c2ccccc12)=N\NC1=NCCN1.Cl.Cl. The summed E-state index contributed by atoms with van der Waals surface area (Å²) in [5.74, 6) is 1.51. The Hall–Kier alpha value is -3.36. The Morgan fingerprint density at radius 1 is 0.667 bits per heavy atom. The lowest BCUT2D eigenvalue weighted by Gasteiger charge is -2.16. The molecule has 0 aliphatic carbocycles. The molecule has 0 spiro atoms. The molecule has 3 aromatic rings. The third-order valence-electron chi connectivity index (χ3n) is 6.07. The maximum Gasteiger partial charge on any atom is 0.212 e. The average Bonchev–Trinajstić information content (AvgIpc) is 3.59. The van der Waals surface area contributed by atoms with Gasteiger partial charge in [-0.1, -0.05) is 48.5 Å². The maximum absolute atomic E-state index is 4.33. The minimum atomic E-state index is 0. The predicted molar refractivity (Wildman–Crippen MR) is 156 cm³/mol. The predicted octanol–water partition coefficient (Wildman–Crippen LogP) is 3.77. The molecule has 0 aromatic heterocycles. The van der Waals surface area contributed by atoms with Gasteiger partial charge >= 0.3 is 0 Å². The van der Waals surface area contributed by atoms with Crippen LogP contribution in [0.25, 0.3) is 21.5 Å². The van der Waals surface area contributed by atoms with Gasteiger partial charge in [-0.3, -0.25) is 0 Å². The molecule has 4 N–H and O–H groups in total. The molecule has 0 fully saturated rings. The van der Waals surface area contributed by atoms with Crippen molar-refractivity contribution in [3.8, 4) is 0 Å². The van der Waals surface area contributed by atoms with E-state index in [0.29, 0.717) is 0 Å². The van der Waals surface area contributed by atoms with Crippen LogP contribution in [0.15, 0.2) is 68.7 Å². The molecule has 0 unspecified atom stereocenters. The summed E-state index contributed by atoms with van der Waals surface area (Å²) in [5, 5.41) is 20.3. The van der Waals surface area contributed by atoms with Gasteiger partial charge in [0.1, 0.15) is 0 Å². The molecular formula is C26H32Cl2N8. The van der Waals surface area contributed by atoms with Gasteiger partial charge in [0.25, 0.3) is 0 Å². The fourth-order valence-corrected chi connectivity index (χ4v) is 4.55. The van der Waals surface area contributed by atoms with Gasteiger partial charge in [0.05, 0.1) is 13.1 Å². The lowest BCUT2D eigenvalue weighted by Crippen LogP contribution is -2.30. The second-order valence-corrected chi connectivity index (χ2v) is 8.29. The van der Waals surface area contributed by atoms with Gasteiger partial charge in [-0.05, 0) is 58.4 Å². The zero-order valence-electron chi connectivity index (χ0n) is 20.0. The number of halogens is 2. The van der Waals surface area contributed by atoms with Crippen LogP contribution in [0.1, 0.15) is 24.0 Å². The van der Waals surface area contributed by atoms with Crippen LogP contribution in [0.2, 0.25) is 0 Å². The summed E-state index contributed by atoms with van der Waals surface area (Å²) in [4.78, 5) is 8.60. The van der Waals surface area contributed by atoms with Crippen molar-refractivity contribution >= 4 is 70.7 Å². The van der Waals surface area contributed by atoms with E-state index in [-0.39, 0.29) is 24.8 Å². The number of hydrogen-bond donors (Lipinski definition) is 4. The van der Waals surface area contributed by atoms with Crippen molar-refractivity contribution in [2.45, 2.75) is 25.7 Å². The first-order chi connectivity index (χ1) is 16.9. The number of fused-ring (bicyclic) bond motifs is 2. The van der Waals surface area contributed by atoms with Crippen LogP contribution in [-0.2, 0) is 12.8 Å². The molecule has 2 aliphatic rings. The van der Waals surface area contributed by atoms with Crippen LogP contribution < -0.4 is 21.5 Å². The van der Waals surface area contributed by atoms with Gasteiger partial charge in [0.15, 0.2) is 0 Å². The van der Waals surface area contributed by atoms with E-state index in [2.05, 4.69) is 90.2 Å². The molecular weight excluding hydrogens is 495 g/mol. The standard InChI is InChI=1S/C26H30N8.2ClH/c1-2-8-20-19(7-1)23(11-5-13-31-33-25-27-15-16-28-25)21-9-3-4-10-22(21)24(20)12-6-14-32-34-26-29-17-18-30-26;;/h1-4,7-10,13-14H,5-6,11-12,15-18H2,(H2,27,28,33)(H2,29,30,34);2*1H/b31-13+,32-14+;;. The molecule has 2 aliphatic heterocycles. The third-order valence-corrected chi connectivity index (χ3v) is 6.07. The monoisotopic (exact) mass is 526 g/mol. The summed E-state index contributed by atoms with van der Waals surface area (Å²) >= 11 is 0. The van der Waals surface area contributed by atoms with Gasteiger partial charge in [0, 0.05) is 25.5 Å². The number of hydrogen-bond acceptors (Lipinski definition) is 8. The second-order valence-electron chi connectivity index (χ2n) is 8.29. The van der Waals surface area contributed by atoms with Crippen molar-refractivity contribution in [2.24, 2.45) is 20.2 Å². The highest BCUT2D eigenvalue weighted by Crippen LogP contribution is 2.34. The van der Waals surface area contributed by atoms with Gasteiger partial charge in [0.2, 0.25) is 11.9 Å². The van der Waals surface area contributed by atoms with Crippen molar-refractivity contribution in [2.75, 3.05) is 26.2 Å². The topological polar surface area (TPSA) is 97.6 Å². The highest BCUT2D eigenvalue weighted by molar-refractivity contribution is 6.06. The van der Waals surface area contributed by atoms with Crippen LogP contribution in [0, 0.1) is 0 Å². The van der Waals surface area contributed by atoms with Crippen LogP contribution in [0.3, 0.4) is 0 Å². The zero-order valence-corrected chi connectivity index (χ0v) is 21.7. The first kappa shape index (κ1) is 27.2. The average molecular weight is 528 g/mol. The van der Waals surface area contributed by atoms with E-state index in [1.54, 1.807) is 0 Å². The van der Waals surface area contributed by atoms with Gasteiger partial charge in [-0.15, -0.1) is 24.8 Å². The molecule has 36 heavy (non-hydrogen) atoms. The fourth-order valence-electron chi connectivity index (χ4n) is 4.55. The van der Waals surface area contributed by atoms with E-state index in [0.717, 1.165) is 63.8 Å². The number of rotatable bonds is 8. The summed E-state index contributed by atoms with van der Waals surface area (Å²) in [6.45, 7) is 3.35. The van der Waals surface area contributed by atoms with Crippen molar-refractivity contribution in [3.05, 3.63) is 59.7 Å². The number of hydrazone groups is 2. The molecule has 0 saturated carbocycles. The van der Waals surface area contributed by atoms with Crippen molar-refractivity contribution in [3.63, 3.8) is 0 Å². The Morgan fingerprint density at radius 3 is 1.39 bits per heavy atom. The minimum absolute atomic E-state index is 0. The van der Waals surface area contributed by atoms with E-state index in [4.69, 9.17) is 0 Å². The van der Waals surface area contributed by atoms with E-state index < -0.39 is 0 Å². The largest absolute Gasteiger partial charge is 0.353 e. The minimum Gasteiger partial charge on any atom is -0.353 e. The Morgan fingerprint density at radius 2 is 1.06 bits per heavy atom. The Bertz CT molecular complexity index is 1130. The molecule has 0 saturated heterocycles. The van der Waals surface area contributed by atoms with E-state index in [1.807, 2.05) is 12.4 Å². The normalized spacial score (nSPS) is 14.8. The van der Waals surface area contributed by atoms with Crippen LogP contribution in [0.4, 0.5) is 0 Å². The number of aliphatic imine (C=N–C) groups is 2. The smallest absolute Gasteiger partial charge is 0.212 e. The third kappa shape index (κ3) is 6.44. The summed E-state index contributed by atoms with van der Waals surface area (Å²) in [5.41, 5.74) is 8.71.